The Morgan fingerprint density at radius 1 is 1.56 bits per heavy atom. The molecule has 0 saturated heterocycles. The van der Waals surface area contributed by atoms with Crippen molar-refractivity contribution in [1.82, 2.24) is 5.32 Å². The third kappa shape index (κ3) is 5.04. The van der Waals surface area contributed by atoms with Crippen LogP contribution in [0.1, 0.15) is 26.7 Å². The van der Waals surface area contributed by atoms with E-state index in [9.17, 15) is 9.18 Å². The second-order valence-electron chi connectivity index (χ2n) is 4.12. The zero-order valence-electron chi connectivity index (χ0n) is 10.5. The number of hydrogen-bond acceptors (Lipinski definition) is 2. The van der Waals surface area contributed by atoms with Gasteiger partial charge in [-0.1, -0.05) is 29.3 Å². The second kappa shape index (κ2) is 7.36. The number of amides is 1. The number of nitrogens with one attached hydrogen (secondary N) is 1. The van der Waals surface area contributed by atoms with Crippen LogP contribution in [0.15, 0.2) is 22.7 Å². The van der Waals surface area contributed by atoms with E-state index in [4.69, 9.17) is 4.74 Å². The quantitative estimate of drug-likeness (QED) is 0.874. The smallest absolute Gasteiger partial charge is 0.258 e. The molecule has 18 heavy (non-hydrogen) atoms. The zero-order valence-corrected chi connectivity index (χ0v) is 12.1. The van der Waals surface area contributed by atoms with Crippen molar-refractivity contribution in [2.24, 2.45) is 0 Å². The Hall–Kier alpha value is -1.10. The van der Waals surface area contributed by atoms with E-state index in [2.05, 4.69) is 28.2 Å². The topological polar surface area (TPSA) is 38.3 Å². The van der Waals surface area contributed by atoms with Gasteiger partial charge in [0.25, 0.3) is 5.91 Å². The fourth-order valence-electron chi connectivity index (χ4n) is 1.55. The van der Waals surface area contributed by atoms with E-state index in [-0.39, 0.29) is 24.3 Å². The SMILES string of the molecule is CCCC(C)NC(=O)COc1cc(Br)ccc1F. The van der Waals surface area contributed by atoms with Crippen LogP contribution in [0.2, 0.25) is 0 Å². The lowest BCUT2D eigenvalue weighted by molar-refractivity contribution is -0.123. The van der Waals surface area contributed by atoms with Crippen LogP contribution in [-0.2, 0) is 4.79 Å². The molecule has 0 saturated carbocycles. The van der Waals surface area contributed by atoms with Gasteiger partial charge in [0.15, 0.2) is 18.2 Å². The van der Waals surface area contributed by atoms with Gasteiger partial charge in [0.05, 0.1) is 0 Å². The summed E-state index contributed by atoms with van der Waals surface area (Å²) in [7, 11) is 0. The second-order valence-corrected chi connectivity index (χ2v) is 5.04. The summed E-state index contributed by atoms with van der Waals surface area (Å²) in [5.74, 6) is -0.648. The van der Waals surface area contributed by atoms with Gasteiger partial charge in [-0.05, 0) is 31.5 Å². The molecule has 0 aromatic heterocycles. The van der Waals surface area contributed by atoms with E-state index in [1.165, 1.54) is 12.1 Å². The molecule has 0 fully saturated rings. The highest BCUT2D eigenvalue weighted by Crippen LogP contribution is 2.21. The fourth-order valence-corrected chi connectivity index (χ4v) is 1.89. The third-order valence-electron chi connectivity index (χ3n) is 2.38. The summed E-state index contributed by atoms with van der Waals surface area (Å²) in [5, 5.41) is 2.79. The van der Waals surface area contributed by atoms with Crippen molar-refractivity contribution in [3.05, 3.63) is 28.5 Å². The maximum absolute atomic E-state index is 13.3. The van der Waals surface area contributed by atoms with E-state index >= 15 is 0 Å². The standard InChI is InChI=1S/C13H17BrFNO2/c1-3-4-9(2)16-13(17)8-18-12-7-10(14)5-6-11(12)15/h5-7,9H,3-4,8H2,1-2H3,(H,16,17). The minimum absolute atomic E-state index is 0.0719. The van der Waals surface area contributed by atoms with Crippen LogP contribution in [0, 0.1) is 5.82 Å². The Labute approximate surface area is 115 Å². The maximum Gasteiger partial charge on any atom is 0.258 e. The number of hydrogen-bond donors (Lipinski definition) is 1. The highest BCUT2D eigenvalue weighted by Gasteiger charge is 2.09. The van der Waals surface area contributed by atoms with Crippen molar-refractivity contribution in [2.45, 2.75) is 32.7 Å². The lowest BCUT2D eigenvalue weighted by Crippen LogP contribution is -2.36. The number of halogens is 2. The third-order valence-corrected chi connectivity index (χ3v) is 2.87. The molecule has 0 spiro atoms. The first-order valence-corrected chi connectivity index (χ1v) is 6.69. The lowest BCUT2D eigenvalue weighted by Gasteiger charge is -2.13. The molecule has 1 atom stereocenters. The number of rotatable bonds is 6. The summed E-state index contributed by atoms with van der Waals surface area (Å²) < 4.78 is 19.2. The number of ether oxygens (including phenoxy) is 1. The molecule has 0 radical (unpaired) electrons. The monoisotopic (exact) mass is 317 g/mol. The predicted molar refractivity (Wildman–Crippen MR) is 72.1 cm³/mol. The molecule has 1 aromatic carbocycles. The summed E-state index contributed by atoms with van der Waals surface area (Å²) in [6, 6.07) is 4.47. The van der Waals surface area contributed by atoms with Gasteiger partial charge in [-0.25, -0.2) is 4.39 Å². The molecule has 100 valence electrons. The minimum atomic E-state index is -0.479. The normalized spacial score (nSPS) is 12.0. The van der Waals surface area contributed by atoms with Gasteiger partial charge in [0.1, 0.15) is 0 Å². The Kier molecular flexibility index (Phi) is 6.12. The van der Waals surface area contributed by atoms with Gasteiger partial charge in [-0.2, -0.15) is 0 Å². The predicted octanol–water partition coefficient (Wildman–Crippen LogP) is 3.27. The number of carbonyl (C=O) groups is 1. The Bertz CT molecular complexity index is 412. The molecule has 1 amide bonds. The van der Waals surface area contributed by atoms with Gasteiger partial charge in [-0.3, -0.25) is 4.79 Å². The van der Waals surface area contributed by atoms with E-state index in [1.807, 2.05) is 6.92 Å². The van der Waals surface area contributed by atoms with Crippen molar-refractivity contribution >= 4 is 21.8 Å². The molecule has 0 aliphatic carbocycles. The summed E-state index contributed by atoms with van der Waals surface area (Å²) in [6.45, 7) is 3.80. The van der Waals surface area contributed by atoms with Crippen molar-refractivity contribution in [1.29, 1.82) is 0 Å². The van der Waals surface area contributed by atoms with Crippen LogP contribution < -0.4 is 10.1 Å². The van der Waals surface area contributed by atoms with Crippen LogP contribution in [-0.4, -0.2) is 18.6 Å². The van der Waals surface area contributed by atoms with E-state index in [1.54, 1.807) is 6.07 Å². The maximum atomic E-state index is 13.3. The van der Waals surface area contributed by atoms with Gasteiger partial charge >= 0.3 is 0 Å². The van der Waals surface area contributed by atoms with Crippen molar-refractivity contribution in [3.63, 3.8) is 0 Å². The van der Waals surface area contributed by atoms with E-state index < -0.39 is 5.82 Å². The number of benzene rings is 1. The summed E-state index contributed by atoms with van der Waals surface area (Å²) in [5.41, 5.74) is 0. The Morgan fingerprint density at radius 2 is 2.28 bits per heavy atom. The Morgan fingerprint density at radius 3 is 2.94 bits per heavy atom. The first-order chi connectivity index (χ1) is 8.52. The van der Waals surface area contributed by atoms with Gasteiger partial charge in [-0.15, -0.1) is 0 Å². The molecule has 0 aliphatic heterocycles. The molecule has 0 bridgehead atoms. The van der Waals surface area contributed by atoms with Gasteiger partial charge < -0.3 is 10.1 Å². The zero-order chi connectivity index (χ0) is 13.5. The highest BCUT2D eigenvalue weighted by atomic mass is 79.9. The van der Waals surface area contributed by atoms with Crippen molar-refractivity contribution < 1.29 is 13.9 Å². The first kappa shape index (κ1) is 15.0. The van der Waals surface area contributed by atoms with Gasteiger partial charge in [0, 0.05) is 10.5 Å². The van der Waals surface area contributed by atoms with Crippen LogP contribution in [0.4, 0.5) is 4.39 Å². The van der Waals surface area contributed by atoms with E-state index in [0.717, 1.165) is 12.8 Å². The van der Waals surface area contributed by atoms with Crippen molar-refractivity contribution in [2.75, 3.05) is 6.61 Å². The lowest BCUT2D eigenvalue weighted by atomic mass is 10.2. The molecule has 3 nitrogen and oxygen atoms in total. The molecule has 5 heteroatoms. The van der Waals surface area contributed by atoms with Crippen LogP contribution in [0.25, 0.3) is 0 Å². The molecular formula is C13H17BrFNO2. The number of carbonyl (C=O) groups excluding carboxylic acids is 1. The summed E-state index contributed by atoms with van der Waals surface area (Å²) >= 11 is 3.22. The van der Waals surface area contributed by atoms with Gasteiger partial charge in [0.2, 0.25) is 0 Å². The highest BCUT2D eigenvalue weighted by molar-refractivity contribution is 9.10. The molecule has 0 heterocycles. The fraction of sp³-hybridized carbons (Fsp3) is 0.462. The molecule has 1 N–H and O–H groups in total. The molecule has 0 aliphatic rings. The molecule has 1 aromatic rings. The average Bonchev–Trinajstić information content (AvgIpc) is 2.30. The van der Waals surface area contributed by atoms with Crippen LogP contribution >= 0.6 is 15.9 Å². The molecular weight excluding hydrogens is 301 g/mol. The first-order valence-electron chi connectivity index (χ1n) is 5.90. The molecule has 1 unspecified atom stereocenters. The summed E-state index contributed by atoms with van der Waals surface area (Å²) in [6.07, 6.45) is 1.92. The minimum Gasteiger partial charge on any atom is -0.481 e. The largest absolute Gasteiger partial charge is 0.481 e. The summed E-state index contributed by atoms with van der Waals surface area (Å²) in [4.78, 5) is 11.5. The van der Waals surface area contributed by atoms with Crippen LogP contribution in [0.5, 0.6) is 5.75 Å². The van der Waals surface area contributed by atoms with Crippen molar-refractivity contribution in [3.8, 4) is 5.75 Å². The van der Waals surface area contributed by atoms with E-state index in [0.29, 0.717) is 4.47 Å². The average molecular weight is 318 g/mol. The Balaban J connectivity index is 2.45. The van der Waals surface area contributed by atoms with Crippen LogP contribution in [0.3, 0.4) is 0 Å². The molecule has 1 rings (SSSR count).